The molecule has 1 fully saturated rings. The number of benzene rings is 1. The molecule has 3 atom stereocenters. The molecular formula is C22H34O3. The molecule has 25 heavy (non-hydrogen) atoms. The Balaban J connectivity index is 1.91. The molecule has 1 aliphatic rings. The Kier molecular flexibility index (Phi) is 7.67. The molecule has 1 aliphatic heterocycles. The summed E-state index contributed by atoms with van der Waals surface area (Å²) < 4.78 is 12.3. The molecule has 0 spiro atoms. The quantitative estimate of drug-likeness (QED) is 0.460. The Hall–Kier alpha value is -1.16. The van der Waals surface area contributed by atoms with Gasteiger partial charge in [0, 0.05) is 6.42 Å². The van der Waals surface area contributed by atoms with Crippen LogP contribution < -0.4 is 0 Å². The molecule has 0 saturated carbocycles. The van der Waals surface area contributed by atoms with E-state index in [4.69, 9.17) is 9.47 Å². The number of hydrogen-bond acceptors (Lipinski definition) is 3. The number of rotatable bonds is 10. The molecule has 3 heteroatoms. The molecule has 1 heterocycles. The smallest absolute Gasteiger partial charge is 0.163 e. The van der Waals surface area contributed by atoms with Crippen molar-refractivity contribution >= 4 is 0 Å². The SMILES string of the molecule is C=C[C@@H](O)c1ccc(C[C@H]2OC(C)(C)O[C@@H]2CCCCCCC)cc1. The van der Waals surface area contributed by atoms with Gasteiger partial charge in [0.15, 0.2) is 5.79 Å². The van der Waals surface area contributed by atoms with Crippen LogP contribution in [0.3, 0.4) is 0 Å². The van der Waals surface area contributed by atoms with Crippen molar-refractivity contribution in [1.82, 2.24) is 0 Å². The fraction of sp³-hybridized carbons (Fsp3) is 0.636. The highest BCUT2D eigenvalue weighted by molar-refractivity contribution is 5.26. The van der Waals surface area contributed by atoms with E-state index in [1.54, 1.807) is 6.08 Å². The van der Waals surface area contributed by atoms with Crippen molar-refractivity contribution in [3.05, 3.63) is 48.0 Å². The minimum absolute atomic E-state index is 0.0938. The van der Waals surface area contributed by atoms with Crippen LogP contribution in [0.2, 0.25) is 0 Å². The summed E-state index contributed by atoms with van der Waals surface area (Å²) in [7, 11) is 0. The Labute approximate surface area is 153 Å². The third kappa shape index (κ3) is 6.25. The van der Waals surface area contributed by atoms with Gasteiger partial charge in [-0.3, -0.25) is 0 Å². The lowest BCUT2D eigenvalue weighted by Crippen LogP contribution is -2.25. The third-order valence-corrected chi connectivity index (χ3v) is 4.86. The number of hydrogen-bond donors (Lipinski definition) is 1. The van der Waals surface area contributed by atoms with E-state index in [-0.39, 0.29) is 12.2 Å². The lowest BCUT2D eigenvalue weighted by molar-refractivity contribution is -0.146. The lowest BCUT2D eigenvalue weighted by Gasteiger charge is -2.17. The van der Waals surface area contributed by atoms with Crippen molar-refractivity contribution in [3.63, 3.8) is 0 Å². The van der Waals surface area contributed by atoms with Crippen molar-refractivity contribution in [2.45, 2.75) is 89.8 Å². The molecule has 2 rings (SSSR count). The highest BCUT2D eigenvalue weighted by atomic mass is 16.7. The summed E-state index contributed by atoms with van der Waals surface area (Å²) in [6.07, 6.45) is 9.47. The predicted molar refractivity (Wildman–Crippen MR) is 103 cm³/mol. The van der Waals surface area contributed by atoms with Crippen molar-refractivity contribution in [2.24, 2.45) is 0 Å². The first-order chi connectivity index (χ1) is 11.9. The Morgan fingerprint density at radius 3 is 2.36 bits per heavy atom. The predicted octanol–water partition coefficient (Wildman–Crippen LogP) is 5.33. The summed E-state index contributed by atoms with van der Waals surface area (Å²) in [4.78, 5) is 0. The van der Waals surface area contributed by atoms with Crippen LogP contribution in [0.5, 0.6) is 0 Å². The fourth-order valence-electron chi connectivity index (χ4n) is 3.49. The average molecular weight is 347 g/mol. The molecule has 0 aromatic heterocycles. The van der Waals surface area contributed by atoms with E-state index in [1.807, 2.05) is 26.0 Å². The van der Waals surface area contributed by atoms with Gasteiger partial charge in [0.1, 0.15) is 0 Å². The Morgan fingerprint density at radius 2 is 1.72 bits per heavy atom. The van der Waals surface area contributed by atoms with Gasteiger partial charge in [0.05, 0.1) is 18.3 Å². The highest BCUT2D eigenvalue weighted by Gasteiger charge is 2.40. The topological polar surface area (TPSA) is 38.7 Å². The summed E-state index contributed by atoms with van der Waals surface area (Å²) in [5.74, 6) is -0.502. The minimum Gasteiger partial charge on any atom is -0.384 e. The first-order valence-corrected chi connectivity index (χ1v) is 9.70. The van der Waals surface area contributed by atoms with Gasteiger partial charge in [-0.25, -0.2) is 0 Å². The van der Waals surface area contributed by atoms with Crippen LogP contribution in [0.4, 0.5) is 0 Å². The maximum absolute atomic E-state index is 9.81. The minimum atomic E-state index is -0.602. The second kappa shape index (κ2) is 9.51. The van der Waals surface area contributed by atoms with Gasteiger partial charge < -0.3 is 14.6 Å². The van der Waals surface area contributed by atoms with Gasteiger partial charge in [0.2, 0.25) is 0 Å². The van der Waals surface area contributed by atoms with Crippen LogP contribution in [0.1, 0.15) is 76.5 Å². The molecule has 140 valence electrons. The number of ether oxygens (including phenoxy) is 2. The van der Waals surface area contributed by atoms with E-state index in [9.17, 15) is 5.11 Å². The molecule has 3 nitrogen and oxygen atoms in total. The summed E-state index contributed by atoms with van der Waals surface area (Å²) in [5.41, 5.74) is 2.08. The van der Waals surface area contributed by atoms with Crippen molar-refractivity contribution in [2.75, 3.05) is 0 Å². The number of aliphatic hydroxyl groups is 1. The second-order valence-electron chi connectivity index (χ2n) is 7.54. The van der Waals surface area contributed by atoms with Crippen molar-refractivity contribution < 1.29 is 14.6 Å². The zero-order chi connectivity index (χ0) is 18.3. The molecule has 1 aromatic rings. The maximum Gasteiger partial charge on any atom is 0.163 e. The van der Waals surface area contributed by atoms with E-state index in [2.05, 4.69) is 25.6 Å². The number of aliphatic hydroxyl groups excluding tert-OH is 1. The zero-order valence-corrected chi connectivity index (χ0v) is 16.0. The largest absolute Gasteiger partial charge is 0.384 e. The van der Waals surface area contributed by atoms with Crippen LogP contribution in [0.25, 0.3) is 0 Å². The molecule has 1 N–H and O–H groups in total. The molecule has 0 aliphatic carbocycles. The van der Waals surface area contributed by atoms with Crippen LogP contribution >= 0.6 is 0 Å². The molecule has 0 unspecified atom stereocenters. The molecule has 0 bridgehead atoms. The van der Waals surface area contributed by atoms with E-state index in [0.717, 1.165) is 18.4 Å². The molecule has 0 amide bonds. The van der Waals surface area contributed by atoms with Crippen molar-refractivity contribution in [3.8, 4) is 0 Å². The fourth-order valence-corrected chi connectivity index (χ4v) is 3.49. The monoisotopic (exact) mass is 346 g/mol. The molecule has 1 saturated heterocycles. The van der Waals surface area contributed by atoms with Crippen molar-refractivity contribution in [1.29, 1.82) is 0 Å². The molecular weight excluding hydrogens is 312 g/mol. The second-order valence-corrected chi connectivity index (χ2v) is 7.54. The summed E-state index contributed by atoms with van der Waals surface area (Å²) in [5, 5.41) is 9.81. The van der Waals surface area contributed by atoms with Gasteiger partial charge in [-0.2, -0.15) is 0 Å². The van der Waals surface area contributed by atoms with Gasteiger partial charge >= 0.3 is 0 Å². The van der Waals surface area contributed by atoms with Crippen LogP contribution in [-0.2, 0) is 15.9 Å². The van der Waals surface area contributed by atoms with Gasteiger partial charge in [-0.15, -0.1) is 6.58 Å². The van der Waals surface area contributed by atoms with Gasteiger partial charge in [-0.1, -0.05) is 69.4 Å². The zero-order valence-electron chi connectivity index (χ0n) is 16.0. The normalized spacial score (nSPS) is 23.5. The number of unbranched alkanes of at least 4 members (excludes halogenated alkanes) is 4. The summed E-state index contributed by atoms with van der Waals surface area (Å²) in [6.45, 7) is 9.87. The summed E-state index contributed by atoms with van der Waals surface area (Å²) in [6, 6.07) is 8.05. The van der Waals surface area contributed by atoms with Crippen LogP contribution in [0, 0.1) is 0 Å². The Morgan fingerprint density at radius 1 is 1.08 bits per heavy atom. The maximum atomic E-state index is 9.81. The van der Waals surface area contributed by atoms with Crippen LogP contribution in [0.15, 0.2) is 36.9 Å². The van der Waals surface area contributed by atoms with Gasteiger partial charge in [-0.05, 0) is 31.4 Å². The first-order valence-electron chi connectivity index (χ1n) is 9.70. The van der Waals surface area contributed by atoms with Gasteiger partial charge in [0.25, 0.3) is 0 Å². The molecule has 0 radical (unpaired) electrons. The van der Waals surface area contributed by atoms with E-state index >= 15 is 0 Å². The average Bonchev–Trinajstić information content (AvgIpc) is 2.88. The van der Waals surface area contributed by atoms with E-state index in [0.29, 0.717) is 0 Å². The van der Waals surface area contributed by atoms with E-state index < -0.39 is 11.9 Å². The standard InChI is InChI=1S/C22H34O3/c1-5-7-8-9-10-11-20-21(25-22(3,4)24-20)16-17-12-14-18(15-13-17)19(23)6-2/h6,12-15,19-21,23H,2,5,7-11,16H2,1,3-4H3/t19-,20-,21-/m1/s1. The van der Waals surface area contributed by atoms with E-state index in [1.165, 1.54) is 37.7 Å². The van der Waals surface area contributed by atoms with Crippen LogP contribution in [-0.4, -0.2) is 23.1 Å². The third-order valence-electron chi connectivity index (χ3n) is 4.86. The Bertz CT molecular complexity index is 521. The first kappa shape index (κ1) is 20.2. The molecule has 1 aromatic carbocycles. The lowest BCUT2D eigenvalue weighted by atomic mass is 9.98. The summed E-state index contributed by atoms with van der Waals surface area (Å²) >= 11 is 0. The highest BCUT2D eigenvalue weighted by Crippen LogP contribution is 2.33.